The monoisotopic (exact) mass is 317 g/mol. The quantitative estimate of drug-likeness (QED) is 0.806. The number of hydrogen-bond acceptors (Lipinski definition) is 4. The van der Waals surface area contributed by atoms with Crippen molar-refractivity contribution in [3.05, 3.63) is 40.9 Å². The molecule has 0 aliphatic rings. The lowest BCUT2D eigenvalue weighted by Gasteiger charge is -2.14. The average Bonchev–Trinajstić information content (AvgIpc) is 2.52. The van der Waals surface area contributed by atoms with Crippen LogP contribution in [0.4, 0.5) is 0 Å². The number of aromatic nitrogens is 2. The zero-order chi connectivity index (χ0) is 16.8. The van der Waals surface area contributed by atoms with E-state index in [1.165, 1.54) is 10.9 Å². The van der Waals surface area contributed by atoms with E-state index in [1.54, 1.807) is 25.1 Å². The van der Waals surface area contributed by atoms with Gasteiger partial charge in [0.2, 0.25) is 5.91 Å². The van der Waals surface area contributed by atoms with E-state index in [9.17, 15) is 14.7 Å². The van der Waals surface area contributed by atoms with Crippen molar-refractivity contribution in [2.24, 2.45) is 5.92 Å². The fourth-order valence-corrected chi connectivity index (χ4v) is 2.53. The number of carbonyl (C=O) groups is 1. The molecule has 1 heterocycles. The van der Waals surface area contributed by atoms with Crippen LogP contribution in [0.2, 0.25) is 0 Å². The Bertz CT molecular complexity index is 724. The molecule has 2 atom stereocenters. The van der Waals surface area contributed by atoms with Gasteiger partial charge in [-0.2, -0.15) is 0 Å². The van der Waals surface area contributed by atoms with Crippen LogP contribution >= 0.6 is 0 Å². The van der Waals surface area contributed by atoms with Gasteiger partial charge in [0, 0.05) is 19.5 Å². The molecular weight excluding hydrogens is 294 g/mol. The summed E-state index contributed by atoms with van der Waals surface area (Å²) >= 11 is 0. The molecule has 1 aromatic carbocycles. The van der Waals surface area contributed by atoms with Crippen LogP contribution in [0.25, 0.3) is 10.9 Å². The van der Waals surface area contributed by atoms with Crippen LogP contribution in [0.15, 0.2) is 35.4 Å². The van der Waals surface area contributed by atoms with Crippen LogP contribution in [-0.4, -0.2) is 33.2 Å². The molecule has 1 aromatic heterocycles. The molecule has 0 saturated heterocycles. The predicted molar refractivity (Wildman–Crippen MR) is 89.1 cm³/mol. The molecule has 2 N–H and O–H groups in total. The van der Waals surface area contributed by atoms with Crippen molar-refractivity contribution in [1.29, 1.82) is 0 Å². The van der Waals surface area contributed by atoms with Crippen LogP contribution in [0.3, 0.4) is 0 Å². The highest BCUT2D eigenvalue weighted by molar-refractivity contribution is 5.77. The zero-order valence-electron chi connectivity index (χ0n) is 13.5. The van der Waals surface area contributed by atoms with E-state index in [0.717, 1.165) is 0 Å². The van der Waals surface area contributed by atoms with Crippen LogP contribution in [0, 0.1) is 5.92 Å². The number of aryl methyl sites for hydroxylation is 1. The standard InChI is InChI=1S/C17H23N3O3/c1-12(9-13(2)21)10-18-16(22)7-8-20-11-19-15-6-4-3-5-14(15)17(20)23/h3-6,11-13,21H,7-10H2,1-2H3,(H,18,22). The number of hydrogen-bond donors (Lipinski definition) is 2. The first-order valence-corrected chi connectivity index (χ1v) is 7.86. The van der Waals surface area contributed by atoms with E-state index >= 15 is 0 Å². The number of aliphatic hydroxyl groups is 1. The summed E-state index contributed by atoms with van der Waals surface area (Å²) in [6.45, 7) is 4.53. The number of amides is 1. The minimum absolute atomic E-state index is 0.109. The molecule has 2 unspecified atom stereocenters. The lowest BCUT2D eigenvalue weighted by atomic mass is 10.0. The molecule has 0 fully saturated rings. The van der Waals surface area contributed by atoms with Gasteiger partial charge >= 0.3 is 0 Å². The Morgan fingerprint density at radius 3 is 2.83 bits per heavy atom. The van der Waals surface area contributed by atoms with Crippen LogP contribution in [0.1, 0.15) is 26.7 Å². The molecule has 0 aliphatic carbocycles. The van der Waals surface area contributed by atoms with Gasteiger partial charge in [0.15, 0.2) is 0 Å². The molecule has 1 amide bonds. The van der Waals surface area contributed by atoms with Crippen molar-refractivity contribution in [2.45, 2.75) is 39.3 Å². The highest BCUT2D eigenvalue weighted by Crippen LogP contribution is 2.05. The van der Waals surface area contributed by atoms with E-state index in [1.807, 2.05) is 13.0 Å². The lowest BCUT2D eigenvalue weighted by molar-refractivity contribution is -0.121. The Hall–Kier alpha value is -2.21. The number of para-hydroxylation sites is 1. The second-order valence-electron chi connectivity index (χ2n) is 6.00. The molecule has 6 nitrogen and oxygen atoms in total. The Kier molecular flexibility index (Phi) is 5.87. The maximum absolute atomic E-state index is 12.3. The minimum atomic E-state index is -0.371. The highest BCUT2D eigenvalue weighted by Gasteiger charge is 2.09. The maximum Gasteiger partial charge on any atom is 0.261 e. The maximum atomic E-state index is 12.3. The topological polar surface area (TPSA) is 84.2 Å². The molecule has 0 saturated carbocycles. The van der Waals surface area contributed by atoms with E-state index in [4.69, 9.17) is 0 Å². The summed E-state index contributed by atoms with van der Waals surface area (Å²) in [6, 6.07) is 7.16. The second-order valence-corrected chi connectivity index (χ2v) is 6.00. The second kappa shape index (κ2) is 7.87. The fourth-order valence-electron chi connectivity index (χ4n) is 2.53. The molecule has 0 bridgehead atoms. The summed E-state index contributed by atoms with van der Waals surface area (Å²) in [4.78, 5) is 28.4. The molecular formula is C17H23N3O3. The average molecular weight is 317 g/mol. The number of benzene rings is 1. The third-order valence-electron chi connectivity index (χ3n) is 3.70. The number of nitrogens with zero attached hydrogens (tertiary/aromatic N) is 2. The smallest absolute Gasteiger partial charge is 0.261 e. The van der Waals surface area contributed by atoms with Crippen molar-refractivity contribution in [2.75, 3.05) is 6.54 Å². The molecule has 6 heteroatoms. The summed E-state index contributed by atoms with van der Waals surface area (Å²) in [5.41, 5.74) is 0.524. The normalized spacial score (nSPS) is 13.7. The van der Waals surface area contributed by atoms with Crippen LogP contribution < -0.4 is 10.9 Å². The first-order valence-electron chi connectivity index (χ1n) is 7.86. The summed E-state index contributed by atoms with van der Waals surface area (Å²) in [5.74, 6) is 0.103. The summed E-state index contributed by atoms with van der Waals surface area (Å²) in [5, 5.41) is 12.7. The molecule has 0 aliphatic heterocycles. The van der Waals surface area contributed by atoms with Gasteiger partial charge in [-0.3, -0.25) is 14.2 Å². The summed E-state index contributed by atoms with van der Waals surface area (Å²) < 4.78 is 1.46. The number of aliphatic hydroxyl groups excluding tert-OH is 1. The van der Waals surface area contributed by atoms with Crippen LogP contribution in [-0.2, 0) is 11.3 Å². The summed E-state index contributed by atoms with van der Waals surface area (Å²) in [6.07, 6.45) is 1.98. The molecule has 124 valence electrons. The third kappa shape index (κ3) is 4.89. The first-order chi connectivity index (χ1) is 11.0. The number of fused-ring (bicyclic) bond motifs is 1. The molecule has 23 heavy (non-hydrogen) atoms. The van der Waals surface area contributed by atoms with Crippen LogP contribution in [0.5, 0.6) is 0 Å². The highest BCUT2D eigenvalue weighted by atomic mass is 16.3. The molecule has 2 rings (SSSR count). The van der Waals surface area contributed by atoms with E-state index in [2.05, 4.69) is 10.3 Å². The Morgan fingerprint density at radius 1 is 1.35 bits per heavy atom. The zero-order valence-corrected chi connectivity index (χ0v) is 13.5. The first kappa shape index (κ1) is 17.1. The van der Waals surface area contributed by atoms with Crippen molar-refractivity contribution < 1.29 is 9.90 Å². The number of rotatable bonds is 7. The molecule has 0 radical (unpaired) electrons. The minimum Gasteiger partial charge on any atom is -0.393 e. The van der Waals surface area contributed by atoms with E-state index in [-0.39, 0.29) is 29.9 Å². The molecule has 0 spiro atoms. The summed E-state index contributed by atoms with van der Waals surface area (Å²) in [7, 11) is 0. The SMILES string of the molecule is CC(O)CC(C)CNC(=O)CCn1cnc2ccccc2c1=O. The third-order valence-corrected chi connectivity index (χ3v) is 3.70. The van der Waals surface area contributed by atoms with Gasteiger partial charge in [0.1, 0.15) is 0 Å². The lowest BCUT2D eigenvalue weighted by Crippen LogP contribution is -2.31. The van der Waals surface area contributed by atoms with Crippen molar-refractivity contribution in [3.63, 3.8) is 0 Å². The Balaban J connectivity index is 1.90. The largest absolute Gasteiger partial charge is 0.393 e. The number of carbonyl (C=O) groups excluding carboxylic acids is 1. The predicted octanol–water partition coefficient (Wildman–Crippen LogP) is 1.31. The van der Waals surface area contributed by atoms with Gasteiger partial charge in [-0.1, -0.05) is 19.1 Å². The van der Waals surface area contributed by atoms with E-state index < -0.39 is 0 Å². The Morgan fingerprint density at radius 2 is 2.09 bits per heavy atom. The van der Waals surface area contributed by atoms with Crippen molar-refractivity contribution in [1.82, 2.24) is 14.9 Å². The van der Waals surface area contributed by atoms with Gasteiger partial charge in [0.25, 0.3) is 5.56 Å². The van der Waals surface area contributed by atoms with Gasteiger partial charge in [-0.25, -0.2) is 4.98 Å². The van der Waals surface area contributed by atoms with Crippen molar-refractivity contribution >= 4 is 16.8 Å². The van der Waals surface area contributed by atoms with E-state index in [0.29, 0.717) is 30.4 Å². The number of nitrogens with one attached hydrogen (secondary N) is 1. The fraction of sp³-hybridized carbons (Fsp3) is 0.471. The molecule has 2 aromatic rings. The van der Waals surface area contributed by atoms with Gasteiger partial charge < -0.3 is 10.4 Å². The van der Waals surface area contributed by atoms with Gasteiger partial charge in [-0.05, 0) is 31.4 Å². The Labute approximate surface area is 135 Å². The van der Waals surface area contributed by atoms with Gasteiger partial charge in [-0.15, -0.1) is 0 Å². The van der Waals surface area contributed by atoms with Gasteiger partial charge in [0.05, 0.1) is 23.3 Å². The van der Waals surface area contributed by atoms with Crippen molar-refractivity contribution in [3.8, 4) is 0 Å².